The molecule has 2 rings (SSSR count). The molecule has 0 spiro atoms. The van der Waals surface area contributed by atoms with Crippen molar-refractivity contribution in [1.82, 2.24) is 10.2 Å². The number of amides is 1. The van der Waals surface area contributed by atoms with E-state index in [0.717, 1.165) is 12.1 Å². The van der Waals surface area contributed by atoms with Crippen LogP contribution in [0.5, 0.6) is 0 Å². The zero-order valence-corrected chi connectivity index (χ0v) is 9.37. The van der Waals surface area contributed by atoms with E-state index in [2.05, 4.69) is 18.3 Å². The lowest BCUT2D eigenvalue weighted by Gasteiger charge is -2.14. The molecule has 0 saturated heterocycles. The Kier molecular flexibility index (Phi) is 2.49. The molecule has 0 saturated carbocycles. The van der Waals surface area contributed by atoms with E-state index in [-0.39, 0.29) is 5.91 Å². The predicted molar refractivity (Wildman–Crippen MR) is 59.7 cm³/mol. The van der Waals surface area contributed by atoms with Crippen LogP contribution in [-0.4, -0.2) is 24.9 Å². The van der Waals surface area contributed by atoms with Gasteiger partial charge in [-0.3, -0.25) is 4.79 Å². The van der Waals surface area contributed by atoms with Crippen molar-refractivity contribution in [2.75, 3.05) is 14.1 Å². The molecule has 1 aromatic rings. The summed E-state index contributed by atoms with van der Waals surface area (Å²) >= 11 is 0. The minimum Gasteiger partial charge on any atom is -0.337 e. The van der Waals surface area contributed by atoms with Crippen molar-refractivity contribution in [3.8, 4) is 0 Å². The average Bonchev–Trinajstić information content (AvgIpc) is 2.54. The first-order chi connectivity index (χ1) is 7.15. The van der Waals surface area contributed by atoms with Gasteiger partial charge in [-0.1, -0.05) is 12.1 Å². The summed E-state index contributed by atoms with van der Waals surface area (Å²) in [5.74, 6) is 0.134. The Bertz CT molecular complexity index is 401. The summed E-state index contributed by atoms with van der Waals surface area (Å²) in [6.45, 7) is 2.84. The molecular formula is C12H16N2O. The minimum atomic E-state index is 0.134. The molecule has 0 bridgehead atoms. The smallest absolute Gasteiger partial charge is 0.254 e. The number of fused-ring (bicyclic) bond motifs is 1. The van der Waals surface area contributed by atoms with Gasteiger partial charge in [-0.25, -0.2) is 0 Å². The largest absolute Gasteiger partial charge is 0.337 e. The van der Waals surface area contributed by atoms with Crippen molar-refractivity contribution in [2.45, 2.75) is 19.5 Å². The zero-order chi connectivity index (χ0) is 11.0. The van der Waals surface area contributed by atoms with Gasteiger partial charge in [0.15, 0.2) is 0 Å². The molecule has 1 heterocycles. The summed E-state index contributed by atoms with van der Waals surface area (Å²) in [5.41, 5.74) is 3.26. The maximum Gasteiger partial charge on any atom is 0.254 e. The van der Waals surface area contributed by atoms with Gasteiger partial charge in [0.25, 0.3) is 5.91 Å². The highest BCUT2D eigenvalue weighted by molar-refractivity contribution is 5.98. The van der Waals surface area contributed by atoms with Crippen molar-refractivity contribution in [1.29, 1.82) is 0 Å². The van der Waals surface area contributed by atoms with Crippen molar-refractivity contribution in [2.24, 2.45) is 0 Å². The molecule has 3 heteroatoms. The number of carbonyl (C=O) groups is 1. The SMILES string of the molecule is CNC(C)c1cccc2c1CN(C)C2=O. The maximum absolute atomic E-state index is 11.8. The number of carbonyl (C=O) groups excluding carboxylic acids is 1. The van der Waals surface area contributed by atoms with Gasteiger partial charge in [-0.05, 0) is 31.2 Å². The molecule has 0 radical (unpaired) electrons. The van der Waals surface area contributed by atoms with Crippen molar-refractivity contribution in [3.63, 3.8) is 0 Å². The van der Waals surface area contributed by atoms with Gasteiger partial charge in [0.1, 0.15) is 0 Å². The molecular weight excluding hydrogens is 188 g/mol. The molecule has 15 heavy (non-hydrogen) atoms. The van der Waals surface area contributed by atoms with Crippen LogP contribution in [0.15, 0.2) is 18.2 Å². The molecule has 80 valence electrons. The van der Waals surface area contributed by atoms with Crippen molar-refractivity contribution in [3.05, 3.63) is 34.9 Å². The highest BCUT2D eigenvalue weighted by Gasteiger charge is 2.27. The van der Waals surface area contributed by atoms with Gasteiger partial charge < -0.3 is 10.2 Å². The molecule has 1 atom stereocenters. The zero-order valence-electron chi connectivity index (χ0n) is 9.37. The fourth-order valence-electron chi connectivity index (χ4n) is 2.06. The molecule has 0 fully saturated rings. The number of benzene rings is 1. The summed E-state index contributed by atoms with van der Waals surface area (Å²) < 4.78 is 0. The fraction of sp³-hybridized carbons (Fsp3) is 0.417. The fourth-order valence-corrected chi connectivity index (χ4v) is 2.06. The van der Waals surface area contributed by atoms with E-state index in [1.54, 1.807) is 4.90 Å². The molecule has 3 nitrogen and oxygen atoms in total. The third kappa shape index (κ3) is 1.53. The Morgan fingerprint density at radius 2 is 2.20 bits per heavy atom. The predicted octanol–water partition coefficient (Wildman–Crippen LogP) is 1.55. The van der Waals surface area contributed by atoms with Crippen LogP contribution in [0.2, 0.25) is 0 Å². The van der Waals surface area contributed by atoms with Crippen LogP contribution in [0.4, 0.5) is 0 Å². The van der Waals surface area contributed by atoms with Crippen LogP contribution in [0, 0.1) is 0 Å². The minimum absolute atomic E-state index is 0.134. The van der Waals surface area contributed by atoms with E-state index in [0.29, 0.717) is 6.04 Å². The number of hydrogen-bond acceptors (Lipinski definition) is 2. The summed E-state index contributed by atoms with van der Waals surface area (Å²) in [6.07, 6.45) is 0. The van der Waals surface area contributed by atoms with Gasteiger partial charge in [-0.2, -0.15) is 0 Å². The van der Waals surface area contributed by atoms with Crippen molar-refractivity contribution < 1.29 is 4.79 Å². The van der Waals surface area contributed by atoms with Crippen LogP contribution in [0.1, 0.15) is 34.5 Å². The van der Waals surface area contributed by atoms with Gasteiger partial charge in [-0.15, -0.1) is 0 Å². The molecule has 1 aliphatic rings. The molecule has 1 amide bonds. The highest BCUT2D eigenvalue weighted by atomic mass is 16.2. The summed E-state index contributed by atoms with van der Waals surface area (Å²) in [7, 11) is 3.78. The van der Waals surface area contributed by atoms with Crippen molar-refractivity contribution >= 4 is 5.91 Å². The van der Waals surface area contributed by atoms with E-state index < -0.39 is 0 Å². The first-order valence-corrected chi connectivity index (χ1v) is 5.19. The van der Waals surface area contributed by atoms with E-state index in [9.17, 15) is 4.79 Å². The topological polar surface area (TPSA) is 32.3 Å². The Labute approximate surface area is 90.1 Å². The van der Waals surface area contributed by atoms with Crippen LogP contribution in [0.3, 0.4) is 0 Å². The van der Waals surface area contributed by atoms with E-state index in [1.807, 2.05) is 26.2 Å². The van der Waals surface area contributed by atoms with Crippen LogP contribution >= 0.6 is 0 Å². The standard InChI is InChI=1S/C12H16N2O/c1-8(13-2)9-5-4-6-10-11(9)7-14(3)12(10)15/h4-6,8,13H,7H2,1-3H3. The lowest BCUT2D eigenvalue weighted by Crippen LogP contribution is -2.17. The van der Waals surface area contributed by atoms with Gasteiger partial charge in [0.2, 0.25) is 0 Å². The molecule has 1 aliphatic heterocycles. The molecule has 1 N–H and O–H groups in total. The lowest BCUT2D eigenvalue weighted by molar-refractivity contribution is 0.0816. The number of nitrogens with zero attached hydrogens (tertiary/aromatic N) is 1. The first kappa shape index (κ1) is 10.2. The molecule has 0 aliphatic carbocycles. The summed E-state index contributed by atoms with van der Waals surface area (Å²) in [4.78, 5) is 13.5. The number of nitrogens with one attached hydrogen (secondary N) is 1. The monoisotopic (exact) mass is 204 g/mol. The maximum atomic E-state index is 11.8. The summed E-state index contributed by atoms with van der Waals surface area (Å²) in [6, 6.07) is 6.25. The molecule has 1 aromatic carbocycles. The second-order valence-corrected chi connectivity index (χ2v) is 4.04. The number of rotatable bonds is 2. The van der Waals surface area contributed by atoms with Gasteiger partial charge in [0, 0.05) is 25.2 Å². The Morgan fingerprint density at radius 3 is 2.87 bits per heavy atom. The first-order valence-electron chi connectivity index (χ1n) is 5.19. The quantitative estimate of drug-likeness (QED) is 0.792. The molecule has 0 aromatic heterocycles. The third-order valence-corrected chi connectivity index (χ3v) is 3.08. The Balaban J connectivity index is 2.49. The third-order valence-electron chi connectivity index (χ3n) is 3.08. The normalized spacial score (nSPS) is 16.7. The number of hydrogen-bond donors (Lipinski definition) is 1. The molecule has 1 unspecified atom stereocenters. The van der Waals surface area contributed by atoms with Gasteiger partial charge in [0.05, 0.1) is 0 Å². The summed E-state index contributed by atoms with van der Waals surface area (Å²) in [5, 5.41) is 3.21. The second kappa shape index (κ2) is 3.66. The average molecular weight is 204 g/mol. The van der Waals surface area contributed by atoms with E-state index in [4.69, 9.17) is 0 Å². The van der Waals surface area contributed by atoms with E-state index in [1.165, 1.54) is 11.1 Å². The van der Waals surface area contributed by atoms with E-state index >= 15 is 0 Å². The van der Waals surface area contributed by atoms with Crippen LogP contribution in [0.25, 0.3) is 0 Å². The lowest BCUT2D eigenvalue weighted by atomic mass is 9.98. The second-order valence-electron chi connectivity index (χ2n) is 4.04. The Hall–Kier alpha value is -1.35. The van der Waals surface area contributed by atoms with Crippen LogP contribution in [-0.2, 0) is 6.54 Å². The van der Waals surface area contributed by atoms with Gasteiger partial charge >= 0.3 is 0 Å². The highest BCUT2D eigenvalue weighted by Crippen LogP contribution is 2.28. The van der Waals surface area contributed by atoms with Crippen LogP contribution < -0.4 is 5.32 Å². The Morgan fingerprint density at radius 1 is 1.47 bits per heavy atom.